The molecule has 13 rings (SSSR count). The van der Waals surface area contributed by atoms with Crippen LogP contribution in [0.3, 0.4) is 0 Å². The Balaban J connectivity index is 0.869. The molecule has 0 spiro atoms. The third kappa shape index (κ3) is 6.59. The van der Waals surface area contributed by atoms with Gasteiger partial charge in [0, 0.05) is 49.7 Å². The normalized spacial score (nSPS) is 11.6. The van der Waals surface area contributed by atoms with Crippen molar-refractivity contribution in [2.24, 2.45) is 0 Å². The maximum absolute atomic E-state index is 6.45. The minimum absolute atomic E-state index is 0.902. The molecule has 0 radical (unpaired) electrons. The minimum Gasteiger partial charge on any atom is -0.455 e. The molecule has 0 aliphatic carbocycles. The first-order valence-electron chi connectivity index (χ1n) is 22.9. The Kier molecular flexibility index (Phi) is 9.17. The summed E-state index contributed by atoms with van der Waals surface area (Å²) in [6, 6.07) is 91.8. The SMILES string of the molecule is c1cc(-c2cccc3ccccc23)cc(N(c2ccc(-c3ccc(-c4ccccc4-n4c5ccccc5c5ccccc54)cc3)cc2)c2ccc(-c3cccc4c3oc3ccccc34)cc2)c1. The van der Waals surface area contributed by atoms with Gasteiger partial charge in [-0.3, -0.25) is 0 Å². The third-order valence-corrected chi connectivity index (χ3v) is 13.4. The molecular formula is C64H42N2O. The molecule has 0 unspecified atom stereocenters. The highest BCUT2D eigenvalue weighted by atomic mass is 16.3. The van der Waals surface area contributed by atoms with Gasteiger partial charge in [-0.15, -0.1) is 0 Å². The second-order valence-corrected chi connectivity index (χ2v) is 17.3. The lowest BCUT2D eigenvalue weighted by atomic mass is 9.97. The predicted octanol–water partition coefficient (Wildman–Crippen LogP) is 18.0. The van der Waals surface area contributed by atoms with Crippen molar-refractivity contribution in [3.05, 3.63) is 255 Å². The molecule has 0 N–H and O–H groups in total. The zero-order chi connectivity index (χ0) is 44.3. The Labute approximate surface area is 388 Å². The largest absolute Gasteiger partial charge is 0.455 e. The van der Waals surface area contributed by atoms with E-state index in [1.807, 2.05) is 12.1 Å². The first-order chi connectivity index (χ1) is 33.2. The summed E-state index contributed by atoms with van der Waals surface area (Å²) < 4.78 is 8.86. The van der Waals surface area contributed by atoms with E-state index in [-0.39, 0.29) is 0 Å². The van der Waals surface area contributed by atoms with E-state index in [0.29, 0.717) is 0 Å². The zero-order valence-electron chi connectivity index (χ0n) is 36.6. The van der Waals surface area contributed by atoms with Gasteiger partial charge in [-0.1, -0.05) is 194 Å². The van der Waals surface area contributed by atoms with Gasteiger partial charge in [0.05, 0.1) is 16.7 Å². The second-order valence-electron chi connectivity index (χ2n) is 17.3. The molecule has 0 saturated heterocycles. The maximum Gasteiger partial charge on any atom is 0.143 e. The molecule has 0 bridgehead atoms. The molecule has 0 amide bonds. The average Bonchev–Trinajstić information content (AvgIpc) is 3.95. The molecule has 3 nitrogen and oxygen atoms in total. The van der Waals surface area contributed by atoms with Crippen LogP contribution in [0.15, 0.2) is 259 Å². The van der Waals surface area contributed by atoms with Crippen LogP contribution >= 0.6 is 0 Å². The molecule has 67 heavy (non-hydrogen) atoms. The van der Waals surface area contributed by atoms with Crippen LogP contribution in [0, 0.1) is 0 Å². The molecule has 0 aliphatic rings. The van der Waals surface area contributed by atoms with Gasteiger partial charge >= 0.3 is 0 Å². The standard InChI is InChI=1S/C64H42N2O/c1-2-18-52-45(14-1)15-12-23-53(52)48-16-11-17-51(42-48)65(50-40-36-47(37-41-50)55-24-13-25-59-58-22-6-10-29-63(58)67-64(55)59)49-38-34-44(35-39-49)43-30-32-46(33-31-43)54-19-3-7-26-60(54)66-61-27-8-4-20-56(61)57-21-5-9-28-62(57)66/h1-42H. The van der Waals surface area contributed by atoms with Crippen molar-refractivity contribution in [2.45, 2.75) is 0 Å². The highest BCUT2D eigenvalue weighted by Crippen LogP contribution is 2.42. The molecule has 11 aromatic carbocycles. The summed E-state index contributed by atoms with van der Waals surface area (Å²) in [4.78, 5) is 2.36. The Morgan fingerprint density at radius 2 is 0.791 bits per heavy atom. The fraction of sp³-hybridized carbons (Fsp3) is 0. The summed E-state index contributed by atoms with van der Waals surface area (Å²) in [5, 5.41) is 7.25. The molecule has 0 atom stereocenters. The van der Waals surface area contributed by atoms with Crippen molar-refractivity contribution >= 4 is 71.6 Å². The molecule has 0 aliphatic heterocycles. The smallest absolute Gasteiger partial charge is 0.143 e. The van der Waals surface area contributed by atoms with Gasteiger partial charge in [0.2, 0.25) is 0 Å². The van der Waals surface area contributed by atoms with Crippen molar-refractivity contribution in [2.75, 3.05) is 4.90 Å². The number of rotatable bonds is 8. The number of hydrogen-bond acceptors (Lipinski definition) is 2. The molecular weight excluding hydrogens is 813 g/mol. The first-order valence-corrected chi connectivity index (χ1v) is 22.9. The van der Waals surface area contributed by atoms with E-state index in [4.69, 9.17) is 4.42 Å². The van der Waals surface area contributed by atoms with Crippen LogP contribution in [0.5, 0.6) is 0 Å². The van der Waals surface area contributed by atoms with E-state index in [2.05, 4.69) is 252 Å². The van der Waals surface area contributed by atoms with Gasteiger partial charge in [-0.05, 0) is 105 Å². The number of anilines is 3. The van der Waals surface area contributed by atoms with Crippen molar-refractivity contribution in [3.8, 4) is 50.2 Å². The number of aromatic nitrogens is 1. The van der Waals surface area contributed by atoms with Gasteiger partial charge in [-0.25, -0.2) is 0 Å². The summed E-state index contributed by atoms with van der Waals surface area (Å²) in [5.41, 5.74) is 17.9. The molecule has 314 valence electrons. The topological polar surface area (TPSA) is 21.3 Å². The van der Waals surface area contributed by atoms with E-state index < -0.39 is 0 Å². The summed E-state index contributed by atoms with van der Waals surface area (Å²) in [6.07, 6.45) is 0. The highest BCUT2D eigenvalue weighted by Gasteiger charge is 2.18. The fourth-order valence-corrected chi connectivity index (χ4v) is 10.2. The van der Waals surface area contributed by atoms with Crippen molar-refractivity contribution in [1.29, 1.82) is 0 Å². The average molecular weight is 855 g/mol. The van der Waals surface area contributed by atoms with Gasteiger partial charge < -0.3 is 13.9 Å². The molecule has 0 fully saturated rings. The summed E-state index contributed by atoms with van der Waals surface area (Å²) in [6.45, 7) is 0. The van der Waals surface area contributed by atoms with Crippen molar-refractivity contribution < 1.29 is 4.42 Å². The van der Waals surface area contributed by atoms with E-state index in [0.717, 1.165) is 55.7 Å². The van der Waals surface area contributed by atoms with Crippen LogP contribution in [0.4, 0.5) is 17.1 Å². The Hall–Kier alpha value is -8.92. The Morgan fingerprint density at radius 3 is 1.54 bits per heavy atom. The predicted molar refractivity (Wildman–Crippen MR) is 282 cm³/mol. The third-order valence-electron chi connectivity index (χ3n) is 13.4. The van der Waals surface area contributed by atoms with Crippen LogP contribution in [-0.4, -0.2) is 4.57 Å². The van der Waals surface area contributed by atoms with Crippen LogP contribution in [0.2, 0.25) is 0 Å². The van der Waals surface area contributed by atoms with Crippen LogP contribution < -0.4 is 4.90 Å². The minimum atomic E-state index is 0.902. The summed E-state index contributed by atoms with van der Waals surface area (Å²) >= 11 is 0. The highest BCUT2D eigenvalue weighted by molar-refractivity contribution is 6.11. The molecule has 0 saturated carbocycles. The quantitative estimate of drug-likeness (QED) is 0.152. The van der Waals surface area contributed by atoms with E-state index in [9.17, 15) is 0 Å². The van der Waals surface area contributed by atoms with Gasteiger partial charge in [0.25, 0.3) is 0 Å². The van der Waals surface area contributed by atoms with Gasteiger partial charge in [0.15, 0.2) is 0 Å². The fourth-order valence-electron chi connectivity index (χ4n) is 10.2. The van der Waals surface area contributed by atoms with Crippen molar-refractivity contribution in [1.82, 2.24) is 4.57 Å². The monoisotopic (exact) mass is 854 g/mol. The summed E-state index contributed by atoms with van der Waals surface area (Å²) in [5.74, 6) is 0. The lowest BCUT2D eigenvalue weighted by molar-refractivity contribution is 0.670. The van der Waals surface area contributed by atoms with E-state index in [1.165, 1.54) is 66.1 Å². The maximum atomic E-state index is 6.45. The van der Waals surface area contributed by atoms with E-state index >= 15 is 0 Å². The number of para-hydroxylation sites is 5. The molecule has 13 aromatic rings. The number of fused-ring (bicyclic) bond motifs is 7. The lowest BCUT2D eigenvalue weighted by Crippen LogP contribution is -2.10. The van der Waals surface area contributed by atoms with Crippen molar-refractivity contribution in [3.63, 3.8) is 0 Å². The number of hydrogen-bond donors (Lipinski definition) is 0. The Bertz CT molecular complexity index is 3910. The zero-order valence-corrected chi connectivity index (χ0v) is 36.6. The van der Waals surface area contributed by atoms with Gasteiger partial charge in [-0.2, -0.15) is 0 Å². The number of benzene rings is 11. The second kappa shape index (κ2) is 16.0. The number of nitrogens with zero attached hydrogens (tertiary/aromatic N) is 2. The number of furan rings is 1. The van der Waals surface area contributed by atoms with Crippen LogP contribution in [-0.2, 0) is 0 Å². The molecule has 2 aromatic heterocycles. The first kappa shape index (κ1) is 38.5. The van der Waals surface area contributed by atoms with E-state index in [1.54, 1.807) is 0 Å². The summed E-state index contributed by atoms with van der Waals surface area (Å²) in [7, 11) is 0. The molecule has 3 heteroatoms. The van der Waals surface area contributed by atoms with Crippen LogP contribution in [0.25, 0.3) is 105 Å². The van der Waals surface area contributed by atoms with Gasteiger partial charge in [0.1, 0.15) is 11.2 Å². The molecule has 2 heterocycles. The lowest BCUT2D eigenvalue weighted by Gasteiger charge is -2.26. The van der Waals surface area contributed by atoms with Crippen LogP contribution in [0.1, 0.15) is 0 Å². The Morgan fingerprint density at radius 1 is 0.299 bits per heavy atom.